The minimum absolute atomic E-state index is 0.166. The van der Waals surface area contributed by atoms with E-state index in [1.54, 1.807) is 71.9 Å². The van der Waals surface area contributed by atoms with E-state index in [9.17, 15) is 27.1 Å². The van der Waals surface area contributed by atoms with Crippen LogP contribution in [0.4, 0.5) is 0 Å². The van der Waals surface area contributed by atoms with Crippen molar-refractivity contribution in [3.63, 3.8) is 0 Å². The van der Waals surface area contributed by atoms with Crippen LogP contribution in [0.2, 0.25) is 0 Å². The van der Waals surface area contributed by atoms with Crippen LogP contribution in [0.3, 0.4) is 0 Å². The Labute approximate surface area is 230 Å². The molecule has 10 nitrogen and oxygen atoms in total. The van der Waals surface area contributed by atoms with E-state index in [0.29, 0.717) is 22.4 Å². The summed E-state index contributed by atoms with van der Waals surface area (Å²) in [5.74, 6) is -0.609. The number of esters is 2. The van der Waals surface area contributed by atoms with Gasteiger partial charge in [-0.2, -0.15) is 8.42 Å². The molecule has 2 aromatic carbocycles. The Morgan fingerprint density at radius 2 is 1.46 bits per heavy atom. The lowest BCUT2D eigenvalue weighted by atomic mass is 9.97. The highest BCUT2D eigenvalue weighted by molar-refractivity contribution is 7.86. The first-order chi connectivity index (χ1) is 18.0. The molecule has 0 saturated carbocycles. The molecule has 0 amide bonds. The maximum Gasteiger partial charge on any atom is 0.366 e. The Hall–Kier alpha value is -2.72. The molecule has 2 aromatic rings. The van der Waals surface area contributed by atoms with Crippen molar-refractivity contribution in [2.24, 2.45) is 10.8 Å². The Morgan fingerprint density at radius 1 is 0.897 bits per heavy atom. The quantitative estimate of drug-likeness (QED) is 0.159. The standard InChI is InChI=1S/C27H37O10PS/c1-26(2,3)23(28)36-25(37-24(29)27(4,5)6)35-21(39(31,32)33)17-11-13-18-12-10-16-20(22(18)38-30)34-19-14-8-7-9-15-19/h7-10,12,14-16,21,25H,11,13,17,38H2,1-6H3,(H,31,32,33)/t21-/m0/s1. The van der Waals surface area contributed by atoms with Gasteiger partial charge in [0.05, 0.1) is 24.6 Å². The molecular weight excluding hydrogens is 547 g/mol. The summed E-state index contributed by atoms with van der Waals surface area (Å²) >= 11 is 0. The highest BCUT2D eigenvalue weighted by Gasteiger charge is 2.36. The second-order valence-corrected chi connectivity index (χ2v) is 13.3. The smallest absolute Gasteiger partial charge is 0.366 e. The van der Waals surface area contributed by atoms with Crippen LogP contribution in [-0.2, 0) is 44.9 Å². The first-order valence-electron chi connectivity index (χ1n) is 12.4. The van der Waals surface area contributed by atoms with Crippen molar-refractivity contribution >= 4 is 35.8 Å². The number of ether oxygens (including phenoxy) is 4. The van der Waals surface area contributed by atoms with Gasteiger partial charge >= 0.3 is 18.4 Å². The first kappa shape index (κ1) is 32.5. The fraction of sp³-hybridized carbons (Fsp3) is 0.481. The summed E-state index contributed by atoms with van der Waals surface area (Å²) in [6.07, 6.45) is 0.200. The third-order valence-electron chi connectivity index (χ3n) is 5.36. The van der Waals surface area contributed by atoms with Crippen LogP contribution in [0.25, 0.3) is 0 Å². The van der Waals surface area contributed by atoms with E-state index in [0.717, 1.165) is 0 Å². The Bertz CT molecular complexity index is 1220. The van der Waals surface area contributed by atoms with E-state index in [4.69, 9.17) is 18.9 Å². The minimum atomic E-state index is -4.81. The zero-order valence-corrected chi connectivity index (χ0v) is 25.0. The largest absolute Gasteiger partial charge is 0.457 e. The van der Waals surface area contributed by atoms with E-state index in [2.05, 4.69) is 0 Å². The lowest BCUT2D eigenvalue weighted by Gasteiger charge is -2.27. The molecule has 0 spiro atoms. The maximum absolute atomic E-state index is 12.4. The molecule has 2 atom stereocenters. The van der Waals surface area contributed by atoms with E-state index in [-0.39, 0.29) is 19.3 Å². The molecule has 12 heteroatoms. The van der Waals surface area contributed by atoms with Gasteiger partial charge in [-0.1, -0.05) is 30.3 Å². The van der Waals surface area contributed by atoms with Crippen molar-refractivity contribution < 1.29 is 46.1 Å². The topological polar surface area (TPSA) is 142 Å². The third-order valence-corrected chi connectivity index (χ3v) is 7.26. The van der Waals surface area contributed by atoms with Crippen molar-refractivity contribution in [1.29, 1.82) is 0 Å². The molecule has 2 rings (SSSR count). The average Bonchev–Trinajstić information content (AvgIpc) is 2.82. The molecule has 0 radical (unpaired) electrons. The molecule has 216 valence electrons. The molecule has 0 aliphatic rings. The van der Waals surface area contributed by atoms with Gasteiger partial charge in [-0.05, 0) is 84.6 Å². The molecule has 39 heavy (non-hydrogen) atoms. The van der Waals surface area contributed by atoms with Crippen LogP contribution >= 0.6 is 8.46 Å². The predicted octanol–water partition coefficient (Wildman–Crippen LogP) is 4.88. The van der Waals surface area contributed by atoms with Gasteiger partial charge in [-0.25, -0.2) is 0 Å². The molecule has 0 bridgehead atoms. The van der Waals surface area contributed by atoms with Crippen molar-refractivity contribution in [1.82, 2.24) is 0 Å². The summed E-state index contributed by atoms with van der Waals surface area (Å²) in [5, 5.41) is 0.502. The summed E-state index contributed by atoms with van der Waals surface area (Å²) in [6.45, 7) is 7.35. The Balaban J connectivity index is 2.20. The predicted molar refractivity (Wildman–Crippen MR) is 147 cm³/mol. The fourth-order valence-electron chi connectivity index (χ4n) is 3.12. The van der Waals surface area contributed by atoms with Gasteiger partial charge in [0.25, 0.3) is 10.1 Å². The van der Waals surface area contributed by atoms with Gasteiger partial charge < -0.3 is 18.8 Å². The van der Waals surface area contributed by atoms with Gasteiger partial charge in [-0.15, -0.1) is 0 Å². The molecule has 0 aliphatic carbocycles. The summed E-state index contributed by atoms with van der Waals surface area (Å²) < 4.78 is 67.7. The second kappa shape index (κ2) is 13.6. The van der Waals surface area contributed by atoms with Gasteiger partial charge in [0.2, 0.25) is 0 Å². The summed E-state index contributed by atoms with van der Waals surface area (Å²) in [7, 11) is -6.18. The molecular formula is C27H37O10PS. The number of para-hydroxylation sites is 1. The molecule has 0 aliphatic heterocycles. The Morgan fingerprint density at radius 3 is 1.95 bits per heavy atom. The molecule has 1 N–H and O–H groups in total. The number of hydrogen-bond acceptors (Lipinski definition) is 9. The first-order valence-corrected chi connectivity index (χ1v) is 14.9. The van der Waals surface area contributed by atoms with Crippen molar-refractivity contribution in [3.05, 3.63) is 54.1 Å². The molecule has 1 unspecified atom stereocenters. The van der Waals surface area contributed by atoms with E-state index in [1.165, 1.54) is 0 Å². The van der Waals surface area contributed by atoms with Gasteiger partial charge in [0, 0.05) is 0 Å². The summed E-state index contributed by atoms with van der Waals surface area (Å²) in [6, 6.07) is 14.2. The normalized spacial score (nSPS) is 13.4. The lowest BCUT2D eigenvalue weighted by molar-refractivity contribution is -0.279. The van der Waals surface area contributed by atoms with Crippen LogP contribution in [-0.4, -0.2) is 36.8 Å². The lowest BCUT2D eigenvalue weighted by Crippen LogP contribution is -2.39. The monoisotopic (exact) mass is 584 g/mol. The van der Waals surface area contributed by atoms with Crippen LogP contribution in [0.5, 0.6) is 11.5 Å². The number of carbonyl (C=O) groups excluding carboxylic acids is 2. The number of carbonyl (C=O) groups is 2. The number of aryl methyl sites for hydroxylation is 1. The molecule has 0 aromatic heterocycles. The number of hydrogen-bond donors (Lipinski definition) is 1. The molecule has 0 fully saturated rings. The zero-order valence-electron chi connectivity index (χ0n) is 23.0. The van der Waals surface area contributed by atoms with E-state index >= 15 is 0 Å². The molecule has 0 heterocycles. The average molecular weight is 585 g/mol. The highest BCUT2D eigenvalue weighted by atomic mass is 32.2. The minimum Gasteiger partial charge on any atom is -0.457 e. The SMILES string of the molecule is CC(C)(C)C(=O)OC(OC(=O)C(C)(C)C)O[C@H](CCCc1cccc(Oc2ccccc2)c1[PH2]=O)S(=O)(=O)O. The van der Waals surface area contributed by atoms with Crippen LogP contribution in [0.1, 0.15) is 59.9 Å². The van der Waals surface area contributed by atoms with Gasteiger partial charge in [0.15, 0.2) is 5.44 Å². The number of rotatable bonds is 12. The van der Waals surface area contributed by atoms with Gasteiger partial charge in [-0.3, -0.25) is 18.9 Å². The maximum atomic E-state index is 12.4. The second-order valence-electron chi connectivity index (χ2n) is 10.9. The fourth-order valence-corrected chi connectivity index (χ4v) is 4.48. The van der Waals surface area contributed by atoms with Crippen molar-refractivity contribution in [2.75, 3.05) is 0 Å². The zero-order chi connectivity index (χ0) is 29.4. The van der Waals surface area contributed by atoms with Gasteiger partial charge in [0.1, 0.15) is 11.5 Å². The number of benzene rings is 2. The van der Waals surface area contributed by atoms with Crippen LogP contribution in [0, 0.1) is 10.8 Å². The molecule has 0 saturated heterocycles. The van der Waals surface area contributed by atoms with Crippen molar-refractivity contribution in [2.45, 2.75) is 72.7 Å². The van der Waals surface area contributed by atoms with E-state index in [1.807, 2.05) is 18.2 Å². The Kier molecular flexibility index (Phi) is 11.3. The third kappa shape index (κ3) is 10.4. The van der Waals surface area contributed by atoms with E-state index < -0.39 is 53.3 Å². The van der Waals surface area contributed by atoms with Crippen LogP contribution < -0.4 is 10.0 Å². The highest BCUT2D eigenvalue weighted by Crippen LogP contribution is 2.26. The summed E-state index contributed by atoms with van der Waals surface area (Å²) in [5.41, 5.74) is -3.20. The van der Waals surface area contributed by atoms with Crippen molar-refractivity contribution in [3.8, 4) is 11.5 Å². The van der Waals surface area contributed by atoms with Crippen LogP contribution in [0.15, 0.2) is 48.5 Å². The summed E-state index contributed by atoms with van der Waals surface area (Å²) in [4.78, 5) is 24.9.